The van der Waals surface area contributed by atoms with E-state index in [1.807, 2.05) is 22.6 Å². The predicted octanol–water partition coefficient (Wildman–Crippen LogP) is 3.10. The summed E-state index contributed by atoms with van der Waals surface area (Å²) in [4.78, 5) is 11.9. The minimum atomic E-state index is -0.374. The highest BCUT2D eigenvalue weighted by Gasteiger charge is 2.13. The number of rotatable bonds is 6. The number of nitrogens with two attached hydrogens (primary N) is 1. The highest BCUT2D eigenvalue weighted by atomic mass is 127. The van der Waals surface area contributed by atoms with E-state index in [2.05, 4.69) is 12.2 Å². The molecule has 0 aliphatic heterocycles. The fourth-order valence-corrected chi connectivity index (χ4v) is 1.94. The molecule has 0 heterocycles. The Balaban J connectivity index is 0.00000324. The maximum Gasteiger partial charge on any atom is 0.251 e. The van der Waals surface area contributed by atoms with Gasteiger partial charge in [-0.05, 0) is 47.2 Å². The third kappa shape index (κ3) is 6.05. The third-order valence-corrected chi connectivity index (χ3v) is 3.58. The van der Waals surface area contributed by atoms with Crippen molar-refractivity contribution < 1.29 is 9.18 Å². The van der Waals surface area contributed by atoms with E-state index in [0.29, 0.717) is 15.7 Å². The highest BCUT2D eigenvalue weighted by Crippen LogP contribution is 2.13. The fraction of sp³-hybridized carbons (Fsp3) is 0.462. The van der Waals surface area contributed by atoms with Crippen LogP contribution in [-0.4, -0.2) is 18.5 Å². The summed E-state index contributed by atoms with van der Waals surface area (Å²) in [5.74, 6) is -0.641. The van der Waals surface area contributed by atoms with Gasteiger partial charge in [0.05, 0.1) is 0 Å². The number of carbonyl (C=O) groups is 1. The molecule has 3 nitrogen and oxygen atoms in total. The zero-order valence-electron chi connectivity index (χ0n) is 10.8. The van der Waals surface area contributed by atoms with Crippen LogP contribution in [0.1, 0.15) is 36.5 Å². The van der Waals surface area contributed by atoms with Gasteiger partial charge in [0.2, 0.25) is 0 Å². The Morgan fingerprint density at radius 3 is 2.74 bits per heavy atom. The Morgan fingerprint density at radius 2 is 2.21 bits per heavy atom. The lowest BCUT2D eigenvalue weighted by atomic mass is 10.1. The van der Waals surface area contributed by atoms with Crippen molar-refractivity contribution in [3.8, 4) is 0 Å². The molecule has 0 aromatic heterocycles. The zero-order chi connectivity index (χ0) is 13.5. The van der Waals surface area contributed by atoms with Crippen LogP contribution in [0.15, 0.2) is 18.2 Å². The van der Waals surface area contributed by atoms with Crippen molar-refractivity contribution in [3.05, 3.63) is 33.1 Å². The molecular formula is C13H19ClFIN2O. The Bertz CT molecular complexity index is 418. The SMILES string of the molecule is CCCCC(CN)NC(=O)c1ccc(I)c(F)c1.Cl. The van der Waals surface area contributed by atoms with Crippen molar-refractivity contribution in [2.24, 2.45) is 5.73 Å². The summed E-state index contributed by atoms with van der Waals surface area (Å²) in [6.07, 6.45) is 2.93. The summed E-state index contributed by atoms with van der Waals surface area (Å²) >= 11 is 1.89. The smallest absolute Gasteiger partial charge is 0.251 e. The van der Waals surface area contributed by atoms with Crippen LogP contribution in [0.5, 0.6) is 0 Å². The quantitative estimate of drug-likeness (QED) is 0.721. The second kappa shape index (κ2) is 9.50. The van der Waals surface area contributed by atoms with Crippen LogP contribution in [0.3, 0.4) is 0 Å². The first-order chi connectivity index (χ1) is 8.58. The molecule has 3 N–H and O–H groups in total. The largest absolute Gasteiger partial charge is 0.348 e. The molecule has 1 amide bonds. The minimum Gasteiger partial charge on any atom is -0.348 e. The average molecular weight is 401 g/mol. The zero-order valence-corrected chi connectivity index (χ0v) is 13.8. The number of carbonyl (C=O) groups excluding carboxylic acids is 1. The van der Waals surface area contributed by atoms with Crippen LogP contribution in [-0.2, 0) is 0 Å². The van der Waals surface area contributed by atoms with E-state index in [9.17, 15) is 9.18 Å². The third-order valence-electron chi connectivity index (χ3n) is 2.71. The monoisotopic (exact) mass is 400 g/mol. The topological polar surface area (TPSA) is 55.1 Å². The van der Waals surface area contributed by atoms with Crippen LogP contribution >= 0.6 is 35.0 Å². The first-order valence-corrected chi connectivity index (χ1v) is 7.12. The first-order valence-electron chi connectivity index (χ1n) is 6.04. The molecule has 0 bridgehead atoms. The van der Waals surface area contributed by atoms with Crippen molar-refractivity contribution in [3.63, 3.8) is 0 Å². The number of unbranched alkanes of at least 4 members (excludes halogenated alkanes) is 1. The molecule has 1 atom stereocenters. The molecule has 0 saturated carbocycles. The number of halogens is 3. The van der Waals surface area contributed by atoms with Gasteiger partial charge >= 0.3 is 0 Å². The second-order valence-electron chi connectivity index (χ2n) is 4.18. The van der Waals surface area contributed by atoms with E-state index >= 15 is 0 Å². The summed E-state index contributed by atoms with van der Waals surface area (Å²) in [5, 5.41) is 2.83. The van der Waals surface area contributed by atoms with Gasteiger partial charge < -0.3 is 11.1 Å². The minimum absolute atomic E-state index is 0. The van der Waals surface area contributed by atoms with E-state index in [4.69, 9.17) is 5.73 Å². The van der Waals surface area contributed by atoms with E-state index in [-0.39, 0.29) is 30.2 Å². The van der Waals surface area contributed by atoms with Crippen molar-refractivity contribution in [2.45, 2.75) is 32.2 Å². The Morgan fingerprint density at radius 1 is 1.53 bits per heavy atom. The molecule has 0 aliphatic rings. The molecule has 108 valence electrons. The number of amides is 1. The number of benzene rings is 1. The molecular weight excluding hydrogens is 382 g/mol. The lowest BCUT2D eigenvalue weighted by Gasteiger charge is -2.16. The molecule has 1 unspecified atom stereocenters. The fourth-order valence-electron chi connectivity index (χ4n) is 1.61. The highest BCUT2D eigenvalue weighted by molar-refractivity contribution is 14.1. The molecule has 19 heavy (non-hydrogen) atoms. The molecule has 0 fully saturated rings. The molecule has 1 aromatic rings. The molecule has 0 aliphatic carbocycles. The number of nitrogens with one attached hydrogen (secondary N) is 1. The summed E-state index contributed by atoms with van der Waals surface area (Å²) in [6.45, 7) is 2.49. The molecule has 1 aromatic carbocycles. The van der Waals surface area contributed by atoms with Gasteiger partial charge in [-0.2, -0.15) is 0 Å². The van der Waals surface area contributed by atoms with Crippen molar-refractivity contribution in [2.75, 3.05) is 6.54 Å². The van der Waals surface area contributed by atoms with Crippen LogP contribution in [0.4, 0.5) is 4.39 Å². The van der Waals surface area contributed by atoms with Crippen LogP contribution < -0.4 is 11.1 Å². The van der Waals surface area contributed by atoms with Gasteiger partial charge in [-0.1, -0.05) is 19.8 Å². The van der Waals surface area contributed by atoms with Crippen LogP contribution in [0.2, 0.25) is 0 Å². The van der Waals surface area contributed by atoms with E-state index < -0.39 is 0 Å². The first kappa shape index (κ1) is 18.6. The van der Waals surface area contributed by atoms with Gasteiger partial charge in [0.15, 0.2) is 0 Å². The van der Waals surface area contributed by atoms with E-state index in [1.54, 1.807) is 12.1 Å². The van der Waals surface area contributed by atoms with E-state index in [0.717, 1.165) is 19.3 Å². The summed E-state index contributed by atoms with van der Waals surface area (Å²) in [5.41, 5.74) is 5.94. The maximum atomic E-state index is 13.3. The molecule has 1 rings (SSSR count). The van der Waals surface area contributed by atoms with E-state index in [1.165, 1.54) is 6.07 Å². The maximum absolute atomic E-state index is 13.3. The van der Waals surface area contributed by atoms with Gasteiger partial charge in [-0.15, -0.1) is 12.4 Å². The number of hydrogen-bond acceptors (Lipinski definition) is 2. The summed E-state index contributed by atoms with van der Waals surface area (Å²) in [6, 6.07) is 4.42. The Hall–Kier alpha value is -0.400. The van der Waals surface area contributed by atoms with Crippen LogP contribution in [0, 0.1) is 9.39 Å². The van der Waals surface area contributed by atoms with Crippen molar-refractivity contribution in [1.29, 1.82) is 0 Å². The van der Waals surface area contributed by atoms with Gasteiger partial charge in [-0.25, -0.2) is 4.39 Å². The normalized spacial score (nSPS) is 11.6. The van der Waals surface area contributed by atoms with Crippen molar-refractivity contribution >= 4 is 40.9 Å². The molecule has 0 saturated heterocycles. The van der Waals surface area contributed by atoms with Gasteiger partial charge in [0.1, 0.15) is 5.82 Å². The van der Waals surface area contributed by atoms with Crippen LogP contribution in [0.25, 0.3) is 0 Å². The predicted molar refractivity (Wildman–Crippen MR) is 86.2 cm³/mol. The van der Waals surface area contributed by atoms with Gasteiger partial charge in [0, 0.05) is 21.7 Å². The Labute approximate surface area is 133 Å². The lowest BCUT2D eigenvalue weighted by Crippen LogP contribution is -2.40. The second-order valence-corrected chi connectivity index (χ2v) is 5.34. The van der Waals surface area contributed by atoms with Gasteiger partial charge in [0.25, 0.3) is 5.91 Å². The van der Waals surface area contributed by atoms with Gasteiger partial charge in [-0.3, -0.25) is 4.79 Å². The molecule has 6 heteroatoms. The summed E-state index contributed by atoms with van der Waals surface area (Å²) in [7, 11) is 0. The Kier molecular flexibility index (Phi) is 9.30. The summed E-state index contributed by atoms with van der Waals surface area (Å²) < 4.78 is 13.9. The van der Waals surface area contributed by atoms with Crippen molar-refractivity contribution in [1.82, 2.24) is 5.32 Å². The number of hydrogen-bond donors (Lipinski definition) is 2. The molecule has 0 spiro atoms. The average Bonchev–Trinajstić information content (AvgIpc) is 2.37. The lowest BCUT2D eigenvalue weighted by molar-refractivity contribution is 0.0935. The standard InChI is InChI=1S/C13H18FIN2O.ClH/c1-2-3-4-10(8-16)17-13(18)9-5-6-12(15)11(14)7-9;/h5-7,10H,2-4,8,16H2,1H3,(H,17,18);1H. The molecule has 0 radical (unpaired) electrons.